The zero-order chi connectivity index (χ0) is 26.4. The Morgan fingerprint density at radius 1 is 0.711 bits per heavy atom. The van der Waals surface area contributed by atoms with Crippen LogP contribution in [0.3, 0.4) is 0 Å². The van der Waals surface area contributed by atoms with Crippen molar-refractivity contribution < 1.29 is 9.53 Å². The van der Waals surface area contributed by atoms with Crippen molar-refractivity contribution in [1.29, 1.82) is 0 Å². The van der Waals surface area contributed by atoms with E-state index >= 15 is 0 Å². The molecule has 1 aromatic carbocycles. The molecule has 6 rings (SSSR count). The van der Waals surface area contributed by atoms with Crippen LogP contribution in [-0.2, 0) is 4.74 Å². The monoisotopic (exact) mass is 501 g/mol. The Labute approximate surface area is 219 Å². The number of anilines is 1. The number of nitrogens with one attached hydrogen (secondary N) is 2. The van der Waals surface area contributed by atoms with E-state index in [0.29, 0.717) is 11.3 Å². The van der Waals surface area contributed by atoms with Gasteiger partial charge in [0.2, 0.25) is 0 Å². The van der Waals surface area contributed by atoms with E-state index < -0.39 is 11.6 Å². The third kappa shape index (κ3) is 4.86. The molecule has 0 saturated carbocycles. The molecule has 0 atom stereocenters. The van der Waals surface area contributed by atoms with Gasteiger partial charge < -0.3 is 20.4 Å². The second-order valence-electron chi connectivity index (χ2n) is 10.4. The molecule has 2 aliphatic heterocycles. The summed E-state index contributed by atoms with van der Waals surface area (Å²) >= 11 is 0. The molecule has 0 aliphatic carbocycles. The van der Waals surface area contributed by atoms with Crippen molar-refractivity contribution in [2.24, 2.45) is 0 Å². The smallest absolute Gasteiger partial charge is 0.338 e. The number of H-pyrrole nitrogens is 2. The molecule has 0 radical (unpaired) electrons. The summed E-state index contributed by atoms with van der Waals surface area (Å²) < 4.78 is 5.51. The zero-order valence-electron chi connectivity index (χ0n) is 21.4. The molecular weight excluding hydrogens is 474 g/mol. The van der Waals surface area contributed by atoms with E-state index in [1.807, 2.05) is 93.6 Å². The highest BCUT2D eigenvalue weighted by Gasteiger charge is 2.19. The van der Waals surface area contributed by atoms with Crippen LogP contribution in [0.1, 0.15) is 53.9 Å². The minimum atomic E-state index is -0.587. The Balaban J connectivity index is 1.54. The van der Waals surface area contributed by atoms with Crippen molar-refractivity contribution in [3.05, 3.63) is 89.0 Å². The van der Waals surface area contributed by atoms with Gasteiger partial charge in [-0.3, -0.25) is 0 Å². The van der Waals surface area contributed by atoms with Crippen molar-refractivity contribution >= 4 is 58.0 Å². The number of nitrogens with two attached hydrogens (primary N) is 1. The van der Waals surface area contributed by atoms with E-state index in [9.17, 15) is 4.79 Å². The lowest BCUT2D eigenvalue weighted by atomic mass is 10.0. The van der Waals surface area contributed by atoms with Crippen LogP contribution in [0, 0.1) is 0 Å². The summed E-state index contributed by atoms with van der Waals surface area (Å²) in [6.07, 6.45) is 7.94. The molecule has 0 unspecified atom stereocenters. The minimum Gasteiger partial charge on any atom is -0.456 e. The molecule has 8 bridgehead atoms. The zero-order valence-corrected chi connectivity index (χ0v) is 21.4. The van der Waals surface area contributed by atoms with E-state index in [2.05, 4.69) is 9.97 Å². The normalized spacial score (nSPS) is 12.6. The Bertz CT molecular complexity index is 1820. The minimum absolute atomic E-state index is 0.406. The van der Waals surface area contributed by atoms with Crippen LogP contribution in [-0.4, -0.2) is 31.5 Å². The number of carbonyl (C=O) groups is 1. The van der Waals surface area contributed by atoms with E-state index in [1.165, 1.54) is 0 Å². The lowest BCUT2D eigenvalue weighted by molar-refractivity contribution is 0.00696. The van der Waals surface area contributed by atoms with Gasteiger partial charge in [-0.1, -0.05) is 6.07 Å². The summed E-state index contributed by atoms with van der Waals surface area (Å²) in [6.45, 7) is 5.52. The number of nitrogens with zero attached hydrogens (tertiary/aromatic N) is 2. The van der Waals surface area contributed by atoms with Crippen LogP contribution in [0.15, 0.2) is 60.7 Å². The Hall–Kier alpha value is -4.91. The summed E-state index contributed by atoms with van der Waals surface area (Å²) in [5, 5.41) is 0. The average Bonchev–Trinajstić information content (AvgIpc) is 3.63. The maximum absolute atomic E-state index is 12.6. The first-order valence-corrected chi connectivity index (χ1v) is 12.4. The van der Waals surface area contributed by atoms with Crippen LogP contribution < -0.4 is 5.73 Å². The number of aromatic nitrogens is 4. The topological polar surface area (TPSA) is 110 Å². The molecule has 188 valence electrons. The number of hydrogen-bond acceptors (Lipinski definition) is 5. The number of fused-ring (bicyclic) bond motifs is 8. The van der Waals surface area contributed by atoms with Gasteiger partial charge in [0.15, 0.2) is 0 Å². The fourth-order valence-electron chi connectivity index (χ4n) is 4.51. The maximum Gasteiger partial charge on any atom is 0.338 e. The van der Waals surface area contributed by atoms with Gasteiger partial charge in [0.05, 0.1) is 28.3 Å². The number of hydrogen-bond donors (Lipinski definition) is 3. The second kappa shape index (κ2) is 8.88. The van der Waals surface area contributed by atoms with Gasteiger partial charge in [0.25, 0.3) is 0 Å². The summed E-state index contributed by atoms with van der Waals surface area (Å²) in [5.41, 5.74) is 15.5. The van der Waals surface area contributed by atoms with Crippen LogP contribution >= 0.6 is 0 Å². The van der Waals surface area contributed by atoms with Crippen molar-refractivity contribution in [1.82, 2.24) is 19.9 Å². The molecule has 2 aliphatic rings. The Morgan fingerprint density at radius 3 is 1.87 bits per heavy atom. The van der Waals surface area contributed by atoms with Gasteiger partial charge >= 0.3 is 5.97 Å². The third-order valence-electron chi connectivity index (χ3n) is 6.14. The van der Waals surface area contributed by atoms with E-state index in [1.54, 1.807) is 12.1 Å². The van der Waals surface area contributed by atoms with Crippen LogP contribution in [0.2, 0.25) is 0 Å². The standard InChI is InChI=1S/C31H27N5O2/c1-31(2,3)38-30(37)18-4-11-26(28(32)12-18)27-16-25-15-23-8-7-21(34-23)13-19-5-6-20(33-19)14-22-9-10-24(35-22)17-29(27)36-25/h4-17,33,36H,32H2,1-3H3. The molecule has 0 amide bonds. The molecule has 0 fully saturated rings. The first-order valence-electron chi connectivity index (χ1n) is 12.4. The molecule has 4 N–H and O–H groups in total. The summed E-state index contributed by atoms with van der Waals surface area (Å²) in [5.74, 6) is -0.406. The highest BCUT2D eigenvalue weighted by atomic mass is 16.6. The summed E-state index contributed by atoms with van der Waals surface area (Å²) in [7, 11) is 0. The van der Waals surface area contributed by atoms with Crippen LogP contribution in [0.4, 0.5) is 5.69 Å². The average molecular weight is 502 g/mol. The molecule has 0 saturated heterocycles. The SMILES string of the molecule is CC(C)(C)OC(=O)c1ccc(-c2cc3cc4nc(cc5ccc(cc6nc(cc2[nH]3)C=C6)[nH]5)C=C4)c(N)c1. The van der Waals surface area contributed by atoms with Gasteiger partial charge in [-0.2, -0.15) is 0 Å². The van der Waals surface area contributed by atoms with Gasteiger partial charge in [-0.05, 0) is 99.7 Å². The predicted molar refractivity (Wildman–Crippen MR) is 154 cm³/mol. The van der Waals surface area contributed by atoms with Gasteiger partial charge in [0.1, 0.15) is 5.60 Å². The number of carbonyl (C=O) groups excluding carboxylic acids is 1. The maximum atomic E-state index is 12.6. The molecular formula is C31H27N5O2. The second-order valence-corrected chi connectivity index (χ2v) is 10.4. The van der Waals surface area contributed by atoms with E-state index in [4.69, 9.17) is 20.4 Å². The van der Waals surface area contributed by atoms with E-state index in [0.717, 1.165) is 56.0 Å². The van der Waals surface area contributed by atoms with E-state index in [-0.39, 0.29) is 0 Å². The fourth-order valence-corrected chi connectivity index (χ4v) is 4.51. The Kier molecular flexibility index (Phi) is 5.49. The number of ether oxygens (including phenoxy) is 1. The van der Waals surface area contributed by atoms with Crippen molar-refractivity contribution in [3.63, 3.8) is 0 Å². The lowest BCUT2D eigenvalue weighted by Gasteiger charge is -2.19. The number of aromatic amines is 2. The molecule has 4 aromatic rings. The van der Waals surface area contributed by atoms with Crippen molar-refractivity contribution in [2.45, 2.75) is 26.4 Å². The summed E-state index contributed by atoms with van der Waals surface area (Å²) in [4.78, 5) is 29.0. The number of esters is 1. The van der Waals surface area contributed by atoms with Crippen molar-refractivity contribution in [2.75, 3.05) is 5.73 Å². The quantitative estimate of drug-likeness (QED) is 0.177. The van der Waals surface area contributed by atoms with Gasteiger partial charge in [-0.15, -0.1) is 0 Å². The molecule has 5 heterocycles. The van der Waals surface area contributed by atoms with Gasteiger partial charge in [0, 0.05) is 38.9 Å². The molecule has 7 nitrogen and oxygen atoms in total. The predicted octanol–water partition coefficient (Wildman–Crippen LogP) is 6.86. The van der Waals surface area contributed by atoms with Crippen LogP contribution in [0.5, 0.6) is 0 Å². The first-order chi connectivity index (χ1) is 18.2. The first kappa shape index (κ1) is 23.5. The number of nitrogen functional groups attached to an aromatic ring is 1. The number of benzene rings is 1. The van der Waals surface area contributed by atoms with Crippen molar-refractivity contribution in [3.8, 4) is 11.1 Å². The molecule has 38 heavy (non-hydrogen) atoms. The summed E-state index contributed by atoms with van der Waals surface area (Å²) in [6, 6.07) is 19.4. The highest BCUT2D eigenvalue weighted by molar-refractivity contribution is 5.96. The molecule has 0 spiro atoms. The Morgan fingerprint density at radius 2 is 1.29 bits per heavy atom. The third-order valence-corrected chi connectivity index (χ3v) is 6.14. The molecule has 7 heteroatoms. The lowest BCUT2D eigenvalue weighted by Crippen LogP contribution is -2.23. The fraction of sp³-hybridized carbons (Fsp3) is 0.129. The number of rotatable bonds is 2. The van der Waals surface area contributed by atoms with Crippen LogP contribution in [0.25, 0.3) is 57.5 Å². The molecule has 3 aromatic heterocycles. The van der Waals surface area contributed by atoms with Gasteiger partial charge in [-0.25, -0.2) is 14.8 Å². The highest BCUT2D eigenvalue weighted by Crippen LogP contribution is 2.33. The largest absolute Gasteiger partial charge is 0.456 e.